The van der Waals surface area contributed by atoms with Gasteiger partial charge in [-0.2, -0.15) is 0 Å². The molecule has 3 aliphatic carbocycles. The predicted octanol–water partition coefficient (Wildman–Crippen LogP) is 33.0. The number of hydrogen-bond donors (Lipinski definition) is 0. The van der Waals surface area contributed by atoms with Crippen LogP contribution in [-0.2, 0) is 12.8 Å². The first-order valence-corrected chi connectivity index (χ1v) is 46.7. The second-order valence-corrected chi connectivity index (χ2v) is 37.5. The van der Waals surface area contributed by atoms with E-state index in [1.165, 1.54) is 312 Å². The maximum atomic E-state index is 2.66. The molecule has 0 saturated heterocycles. The molecule has 8 aromatic heterocycles. The van der Waals surface area contributed by atoms with E-state index >= 15 is 0 Å². The van der Waals surface area contributed by atoms with Crippen LogP contribution in [0.3, 0.4) is 0 Å². The molecule has 0 spiro atoms. The van der Waals surface area contributed by atoms with Crippen molar-refractivity contribution in [3.05, 3.63) is 439 Å². The number of aromatic nitrogens is 4. The number of fused-ring (bicyclic) bond motifs is 32. The molecular weight excluding hydrogens is 1590 g/mol. The van der Waals surface area contributed by atoms with Crippen molar-refractivity contribution in [1.29, 1.82) is 0 Å². The first-order chi connectivity index (χ1) is 65.6. The van der Waals surface area contributed by atoms with Gasteiger partial charge in [0.1, 0.15) is 0 Å². The number of rotatable bonds is 7. The molecule has 29 aromatic rings. The average Bonchev–Trinajstić information content (AvgIpc) is 1.51. The largest absolute Gasteiger partial charge is 0.308 e. The van der Waals surface area contributed by atoms with E-state index in [9.17, 15) is 0 Å². The summed E-state index contributed by atoms with van der Waals surface area (Å²) in [5, 5.41) is 34.2. The Morgan fingerprint density at radius 1 is 0.220 bits per heavy atom. The minimum absolute atomic E-state index is 0.00661. The standard InChI is InChI=1S/C128H74N4/c1-5-31-75-71(27-1)67-72-28-2-6-32-76(72)118(75)120-88-42-15-38-79(85-46-24-62-112-115(85)102-57-22-52-96-83-35-9-12-59-109(83)129(112)126(96)102)105(88)69-106-80(39-16-43-89(106)120)86-47-25-63-113-116(86)104-66-65-92(122-101-37-11-14-61-111(101)130(113)128(104)122)87-48-26-64-114-117(87)103-58-23-56-100-99-54-20-50-94(124(99)132(114)127(100)103)82-41-18-45-91-108(82)70-107-81(40-17-44-90(107)121(91)119-77-33-7-3-29-73(77)68-74-30-4-8-34-78(74)119)93-49-19-53-97-98-55-21-51-95-84-36-10-13-60-110(84)131(123(93)97)125(95)98/h1-20,22-50,52-68,70,106H,21,51,69H2. The Morgan fingerprint density at radius 3 is 1.26 bits per heavy atom. The molecule has 132 heavy (non-hydrogen) atoms. The normalized spacial score (nSPS) is 14.4. The highest BCUT2D eigenvalue weighted by atomic mass is 14.9. The van der Waals surface area contributed by atoms with Crippen LogP contribution in [0.15, 0.2) is 406 Å². The van der Waals surface area contributed by atoms with Crippen molar-refractivity contribution in [3.8, 4) is 55.6 Å². The molecule has 0 bridgehead atoms. The Bertz CT molecular complexity index is 10400. The molecule has 32 rings (SSSR count). The summed E-state index contributed by atoms with van der Waals surface area (Å²) in [7, 11) is 0. The van der Waals surface area contributed by atoms with Gasteiger partial charge in [-0.15, -0.1) is 0 Å². The molecule has 0 radical (unpaired) electrons. The second-order valence-electron chi connectivity index (χ2n) is 37.5. The number of aryl methyl sites for hydroxylation is 1. The Morgan fingerprint density at radius 2 is 0.614 bits per heavy atom. The minimum atomic E-state index is -0.00661. The van der Waals surface area contributed by atoms with Crippen LogP contribution in [0.5, 0.6) is 0 Å². The van der Waals surface area contributed by atoms with Gasteiger partial charge in [0.15, 0.2) is 0 Å². The molecule has 8 heterocycles. The summed E-state index contributed by atoms with van der Waals surface area (Å²) < 4.78 is 10.4. The summed E-state index contributed by atoms with van der Waals surface area (Å²) in [6.45, 7) is 0. The molecule has 1 unspecified atom stereocenters. The third-order valence-corrected chi connectivity index (χ3v) is 31.5. The maximum absolute atomic E-state index is 2.66. The van der Waals surface area contributed by atoms with E-state index in [1.54, 1.807) is 0 Å². The highest BCUT2D eigenvalue weighted by Gasteiger charge is 2.38. The van der Waals surface area contributed by atoms with Gasteiger partial charge in [-0.25, -0.2) is 0 Å². The Hall–Kier alpha value is -16.9. The summed E-state index contributed by atoms with van der Waals surface area (Å²) in [5.74, 6) is -0.00661. The summed E-state index contributed by atoms with van der Waals surface area (Å²) >= 11 is 0. The quantitative estimate of drug-likeness (QED) is 0.142. The van der Waals surface area contributed by atoms with Gasteiger partial charge >= 0.3 is 0 Å². The maximum Gasteiger partial charge on any atom is 0.0626 e. The molecule has 0 fully saturated rings. The zero-order valence-electron chi connectivity index (χ0n) is 71.7. The van der Waals surface area contributed by atoms with Crippen LogP contribution in [0.2, 0.25) is 0 Å². The van der Waals surface area contributed by atoms with Crippen LogP contribution in [0.4, 0.5) is 0 Å². The van der Waals surface area contributed by atoms with Gasteiger partial charge in [0.2, 0.25) is 0 Å². The van der Waals surface area contributed by atoms with Crippen LogP contribution in [0.25, 0.3) is 279 Å². The zero-order chi connectivity index (χ0) is 85.3. The van der Waals surface area contributed by atoms with Crippen LogP contribution in [-0.4, -0.2) is 17.6 Å². The highest BCUT2D eigenvalue weighted by molar-refractivity contribution is 6.35. The SMILES string of the molecule is C1=CC2=C(c3c4ccccc4cc4ccccc34)c3cccc(-c4cccc5c4c4cccc6c7ccccc7n5c64)c3CC2C(c2cccc3c2c2ccc(-c4cccc5c4c4cccc6c7cccc(-c8cccc9c(-c%10c%11ccccc%11cc%11ccccc%10%11)c%10cccc(-c%11cccc%12c%13c%14c(c%15ccccc%15n%14c%11%12)CCC=%13)c%10cc89)c7n5c64)c4c5ccccc5n3c24)=C1. The lowest BCUT2D eigenvalue weighted by Gasteiger charge is -2.35. The molecule has 0 saturated carbocycles. The number of hydrogen-bond acceptors (Lipinski definition) is 0. The fraction of sp³-hybridized carbons (Fsp3) is 0.0312. The van der Waals surface area contributed by atoms with Crippen molar-refractivity contribution in [2.45, 2.75) is 19.3 Å². The average molecular weight is 1670 g/mol. The molecule has 0 N–H and O–H groups in total. The van der Waals surface area contributed by atoms with E-state index < -0.39 is 0 Å². The molecule has 3 aliphatic rings. The van der Waals surface area contributed by atoms with Crippen molar-refractivity contribution in [1.82, 2.24) is 17.6 Å². The Labute approximate surface area is 755 Å². The Balaban J connectivity index is 0.608. The van der Waals surface area contributed by atoms with Gasteiger partial charge in [0.05, 0.1) is 66.2 Å². The molecule has 4 heteroatoms. The Kier molecular flexibility index (Phi) is 13.6. The second kappa shape index (κ2) is 25.5. The number of para-hydroxylation sites is 7. The molecule has 4 nitrogen and oxygen atoms in total. The van der Waals surface area contributed by atoms with Crippen LogP contribution < -0.4 is 5.22 Å². The summed E-state index contributed by atoms with van der Waals surface area (Å²) in [6.07, 6.45) is 12.7. The molecule has 21 aromatic carbocycles. The van der Waals surface area contributed by atoms with Crippen LogP contribution >= 0.6 is 0 Å². The van der Waals surface area contributed by atoms with Gasteiger partial charge in [-0.3, -0.25) is 0 Å². The van der Waals surface area contributed by atoms with Gasteiger partial charge in [-0.05, 0) is 228 Å². The van der Waals surface area contributed by atoms with Crippen molar-refractivity contribution >= 4 is 223 Å². The lowest BCUT2D eigenvalue weighted by Crippen LogP contribution is -2.20. The summed E-state index contributed by atoms with van der Waals surface area (Å²) in [5.41, 5.74) is 38.2. The lowest BCUT2D eigenvalue weighted by atomic mass is 9.68. The van der Waals surface area contributed by atoms with E-state index in [0.717, 1.165) is 19.3 Å². The van der Waals surface area contributed by atoms with Crippen LogP contribution in [0, 0.1) is 5.92 Å². The van der Waals surface area contributed by atoms with Crippen molar-refractivity contribution in [3.63, 3.8) is 0 Å². The molecule has 0 amide bonds. The third-order valence-electron chi connectivity index (χ3n) is 31.5. The molecular formula is C128H74N4. The first kappa shape index (κ1) is 70.2. The minimum Gasteiger partial charge on any atom is -0.308 e. The highest BCUT2D eigenvalue weighted by Crippen LogP contribution is 2.58. The zero-order valence-corrected chi connectivity index (χ0v) is 71.7. The molecule has 0 aliphatic heterocycles. The van der Waals surface area contributed by atoms with Crippen LogP contribution in [0.1, 0.15) is 34.2 Å². The topological polar surface area (TPSA) is 17.6 Å². The van der Waals surface area contributed by atoms with E-state index in [1.807, 2.05) is 0 Å². The summed E-state index contributed by atoms with van der Waals surface area (Å²) in [6, 6.07) is 147. The van der Waals surface area contributed by atoms with Crippen molar-refractivity contribution in [2.24, 2.45) is 5.92 Å². The van der Waals surface area contributed by atoms with Gasteiger partial charge < -0.3 is 17.6 Å². The number of nitrogens with zero attached hydrogens (tertiary/aromatic N) is 4. The van der Waals surface area contributed by atoms with Gasteiger partial charge in [0, 0.05) is 97.7 Å². The lowest BCUT2D eigenvalue weighted by molar-refractivity contribution is 0.776. The summed E-state index contributed by atoms with van der Waals surface area (Å²) in [4.78, 5) is 0. The third kappa shape index (κ3) is 8.83. The first-order valence-electron chi connectivity index (χ1n) is 46.7. The fourth-order valence-electron chi connectivity index (χ4n) is 26.5. The van der Waals surface area contributed by atoms with E-state index in [-0.39, 0.29) is 5.92 Å². The fourth-order valence-corrected chi connectivity index (χ4v) is 26.5. The monoisotopic (exact) mass is 1670 g/mol. The van der Waals surface area contributed by atoms with Gasteiger partial charge in [0.25, 0.3) is 0 Å². The molecule has 1 atom stereocenters. The van der Waals surface area contributed by atoms with E-state index in [0.29, 0.717) is 0 Å². The van der Waals surface area contributed by atoms with Gasteiger partial charge in [-0.1, -0.05) is 352 Å². The van der Waals surface area contributed by atoms with Crippen molar-refractivity contribution in [2.75, 3.05) is 0 Å². The van der Waals surface area contributed by atoms with E-state index in [4.69, 9.17) is 0 Å². The molecule has 606 valence electrons. The van der Waals surface area contributed by atoms with Crippen molar-refractivity contribution < 1.29 is 0 Å². The smallest absolute Gasteiger partial charge is 0.0626 e. The number of benzene rings is 21. The predicted molar refractivity (Wildman–Crippen MR) is 560 cm³/mol. The van der Waals surface area contributed by atoms with E-state index in [2.05, 4.69) is 424 Å². The number of allylic oxidation sites excluding steroid dienone is 5.